The van der Waals surface area contributed by atoms with E-state index in [0.29, 0.717) is 14.5 Å². The summed E-state index contributed by atoms with van der Waals surface area (Å²) in [5, 5.41) is 0. The van der Waals surface area contributed by atoms with Crippen LogP contribution in [0, 0.1) is 0 Å². The molecule has 3 rings (SSSR count). The molecule has 1 nitrogen and oxygen atoms in total. The summed E-state index contributed by atoms with van der Waals surface area (Å²) in [7, 11) is 0. The molecule has 1 aromatic heterocycles. The van der Waals surface area contributed by atoms with Crippen LogP contribution in [0.5, 0.6) is 0 Å². The van der Waals surface area contributed by atoms with Gasteiger partial charge in [0.25, 0.3) is 0 Å². The fourth-order valence-electron chi connectivity index (χ4n) is 1.52. The number of aromatic nitrogens is 1. The third-order valence-electron chi connectivity index (χ3n) is 2.19. The van der Waals surface area contributed by atoms with E-state index in [1.54, 1.807) is 0 Å². The summed E-state index contributed by atoms with van der Waals surface area (Å²) in [5.41, 5.74) is 2.29. The first-order valence-corrected chi connectivity index (χ1v) is 6.22. The van der Waals surface area contributed by atoms with Gasteiger partial charge in [0.1, 0.15) is 0 Å². The van der Waals surface area contributed by atoms with Crippen molar-refractivity contribution in [2.75, 3.05) is 0 Å². The van der Waals surface area contributed by atoms with Gasteiger partial charge >= 0.3 is 87.6 Å². The van der Waals surface area contributed by atoms with Gasteiger partial charge in [0.2, 0.25) is 0 Å². The molecule has 0 N–H and O–H groups in total. The number of rotatable bonds is 0. The Morgan fingerprint density at radius 2 is 1.21 bits per heavy atom. The summed E-state index contributed by atoms with van der Waals surface area (Å²) in [5.74, 6) is 0. The predicted molar refractivity (Wildman–Crippen MR) is 60.6 cm³/mol. The second-order valence-corrected chi connectivity index (χ2v) is 5.42. The minimum absolute atomic E-state index is 0.426. The Labute approximate surface area is 87.8 Å². The zero-order valence-corrected chi connectivity index (χ0v) is 9.19. The molecule has 2 aromatic carbocycles. The Hall–Kier alpha value is -1.24. The summed E-state index contributed by atoms with van der Waals surface area (Å²) in [4.78, 5) is 4.62. The van der Waals surface area contributed by atoms with Crippen molar-refractivity contribution in [3.63, 3.8) is 0 Å². The number of benzene rings is 2. The third-order valence-corrected chi connectivity index (χ3v) is 4.56. The zero-order chi connectivity index (χ0) is 9.38. The fraction of sp³-hybridized carbons (Fsp3) is 0. The number of para-hydroxylation sites is 2. The van der Waals surface area contributed by atoms with Crippen molar-refractivity contribution >= 4 is 34.1 Å². The van der Waals surface area contributed by atoms with Gasteiger partial charge in [-0.1, -0.05) is 0 Å². The first-order chi connectivity index (χ1) is 6.93. The van der Waals surface area contributed by atoms with Crippen LogP contribution < -0.4 is 0 Å². The van der Waals surface area contributed by atoms with Crippen LogP contribution in [0.3, 0.4) is 0 Å². The van der Waals surface area contributed by atoms with E-state index < -0.39 is 0 Å². The van der Waals surface area contributed by atoms with E-state index >= 15 is 0 Å². The van der Waals surface area contributed by atoms with Gasteiger partial charge in [-0.3, -0.25) is 0 Å². The molecule has 14 heavy (non-hydrogen) atoms. The Kier molecular flexibility index (Phi) is 1.83. The Morgan fingerprint density at radius 1 is 0.714 bits per heavy atom. The zero-order valence-electron chi connectivity index (χ0n) is 7.47. The number of nitrogens with zero attached hydrogens (tertiary/aromatic N) is 1. The van der Waals surface area contributed by atoms with Gasteiger partial charge in [-0.15, -0.1) is 0 Å². The first kappa shape index (κ1) is 8.10. The second kappa shape index (κ2) is 3.16. The molecule has 0 saturated heterocycles. The molecule has 0 amide bonds. The quantitative estimate of drug-likeness (QED) is 0.438. The molecular formula is C12H8NSe+. The molecule has 0 unspecified atom stereocenters. The molecule has 0 aliphatic heterocycles. The SMILES string of the molecule is c1ccc2[se+]c3ccccc3nc2c1. The van der Waals surface area contributed by atoms with E-state index in [1.165, 1.54) is 8.52 Å². The monoisotopic (exact) mass is 246 g/mol. The van der Waals surface area contributed by atoms with Gasteiger partial charge in [0.15, 0.2) is 0 Å². The summed E-state index contributed by atoms with van der Waals surface area (Å²) < 4.78 is 2.78. The van der Waals surface area contributed by atoms with Crippen molar-refractivity contribution in [1.82, 2.24) is 4.98 Å². The van der Waals surface area contributed by atoms with Crippen LogP contribution in [0.1, 0.15) is 0 Å². The second-order valence-electron chi connectivity index (χ2n) is 3.15. The molecule has 0 aliphatic carbocycles. The van der Waals surface area contributed by atoms with Crippen molar-refractivity contribution in [2.45, 2.75) is 0 Å². The number of hydrogen-bond donors (Lipinski definition) is 0. The van der Waals surface area contributed by atoms with Crippen molar-refractivity contribution in [1.29, 1.82) is 0 Å². The van der Waals surface area contributed by atoms with Gasteiger partial charge in [-0.05, 0) is 0 Å². The molecular weight excluding hydrogens is 237 g/mol. The van der Waals surface area contributed by atoms with Crippen LogP contribution in [0.15, 0.2) is 48.5 Å². The normalized spacial score (nSPS) is 10.9. The maximum atomic E-state index is 4.62. The van der Waals surface area contributed by atoms with Gasteiger partial charge in [-0.2, -0.15) is 0 Å². The van der Waals surface area contributed by atoms with Crippen LogP contribution in [-0.4, -0.2) is 19.5 Å². The molecule has 3 aromatic rings. The molecule has 2 heteroatoms. The molecule has 0 atom stereocenters. The standard InChI is InChI=1S/C12H8NSe/c1-3-7-11-9(5-1)13-10-6-2-4-8-12(10)14-11/h1-8H/q+1. The van der Waals surface area contributed by atoms with E-state index in [-0.39, 0.29) is 0 Å². The minimum atomic E-state index is 0.426. The van der Waals surface area contributed by atoms with Crippen LogP contribution in [0.2, 0.25) is 0 Å². The van der Waals surface area contributed by atoms with Gasteiger partial charge in [-0.25, -0.2) is 0 Å². The van der Waals surface area contributed by atoms with Crippen molar-refractivity contribution in [3.05, 3.63) is 48.5 Å². The van der Waals surface area contributed by atoms with E-state index in [0.717, 1.165) is 11.0 Å². The molecule has 66 valence electrons. The van der Waals surface area contributed by atoms with Crippen LogP contribution >= 0.6 is 0 Å². The molecule has 0 bridgehead atoms. The molecule has 0 radical (unpaired) electrons. The van der Waals surface area contributed by atoms with E-state index in [4.69, 9.17) is 0 Å². The summed E-state index contributed by atoms with van der Waals surface area (Å²) in [6, 6.07) is 16.8. The van der Waals surface area contributed by atoms with Gasteiger partial charge in [0.05, 0.1) is 0 Å². The molecule has 0 saturated carbocycles. The molecule has 0 spiro atoms. The van der Waals surface area contributed by atoms with Crippen LogP contribution in [0.25, 0.3) is 19.6 Å². The number of fused-ring (bicyclic) bond motifs is 2. The summed E-state index contributed by atoms with van der Waals surface area (Å²) >= 11 is 0.426. The van der Waals surface area contributed by atoms with Crippen molar-refractivity contribution in [3.8, 4) is 0 Å². The maximum absolute atomic E-state index is 4.62. The Morgan fingerprint density at radius 3 is 1.79 bits per heavy atom. The summed E-state index contributed by atoms with van der Waals surface area (Å²) in [6.07, 6.45) is 0. The number of hydrogen-bond acceptors (Lipinski definition) is 1. The average Bonchev–Trinajstić information content (AvgIpc) is 2.26. The fourth-order valence-corrected chi connectivity index (χ4v) is 3.55. The van der Waals surface area contributed by atoms with Crippen LogP contribution in [-0.2, 0) is 0 Å². The topological polar surface area (TPSA) is 12.9 Å². The third kappa shape index (κ3) is 1.24. The Bertz CT molecular complexity index is 499. The molecule has 1 heterocycles. The molecule has 0 aliphatic rings. The first-order valence-electron chi connectivity index (χ1n) is 4.51. The average molecular weight is 245 g/mol. The summed E-state index contributed by atoms with van der Waals surface area (Å²) in [6.45, 7) is 0. The van der Waals surface area contributed by atoms with E-state index in [9.17, 15) is 0 Å². The van der Waals surface area contributed by atoms with Gasteiger partial charge < -0.3 is 0 Å². The van der Waals surface area contributed by atoms with E-state index in [1.807, 2.05) is 12.1 Å². The molecule has 0 fully saturated rings. The predicted octanol–water partition coefficient (Wildman–Crippen LogP) is 2.73. The van der Waals surface area contributed by atoms with Gasteiger partial charge in [0, 0.05) is 0 Å². The van der Waals surface area contributed by atoms with Crippen LogP contribution in [0.4, 0.5) is 0 Å². The van der Waals surface area contributed by atoms with Crippen molar-refractivity contribution in [2.24, 2.45) is 0 Å². The van der Waals surface area contributed by atoms with Crippen molar-refractivity contribution < 1.29 is 0 Å². The van der Waals surface area contributed by atoms with E-state index in [2.05, 4.69) is 41.4 Å². The Balaban J connectivity index is 2.52.